The van der Waals surface area contributed by atoms with E-state index < -0.39 is 27.7 Å². The van der Waals surface area contributed by atoms with Gasteiger partial charge in [0.25, 0.3) is 0 Å². The predicted octanol–water partition coefficient (Wildman–Crippen LogP) is 3.30. The maximum Gasteiger partial charge on any atom is 0.416 e. The van der Waals surface area contributed by atoms with Gasteiger partial charge in [0.15, 0.2) is 11.5 Å². The first-order chi connectivity index (χ1) is 14.5. The lowest BCUT2D eigenvalue weighted by Gasteiger charge is -2.22. The highest BCUT2D eigenvalue weighted by atomic mass is 32.2. The number of alkyl halides is 3. The van der Waals surface area contributed by atoms with Gasteiger partial charge in [-0.15, -0.1) is 0 Å². The highest BCUT2D eigenvalue weighted by Gasteiger charge is 2.30. The molecule has 7 nitrogen and oxygen atoms in total. The minimum atomic E-state index is -4.45. The molecule has 3 rings (SSSR count). The van der Waals surface area contributed by atoms with Crippen molar-refractivity contribution in [3.63, 3.8) is 0 Å². The van der Waals surface area contributed by atoms with Crippen molar-refractivity contribution in [3.05, 3.63) is 53.6 Å². The molecular formula is C20H21F3N2O5S. The number of anilines is 1. The Labute approximate surface area is 177 Å². The fourth-order valence-electron chi connectivity index (χ4n) is 3.06. The molecule has 0 bridgehead atoms. The zero-order valence-corrected chi connectivity index (χ0v) is 17.4. The highest BCUT2D eigenvalue weighted by molar-refractivity contribution is 7.92. The molecule has 1 aliphatic rings. The summed E-state index contributed by atoms with van der Waals surface area (Å²) < 4.78 is 74.3. The van der Waals surface area contributed by atoms with Gasteiger partial charge < -0.3 is 14.8 Å². The van der Waals surface area contributed by atoms with Crippen LogP contribution in [0, 0.1) is 0 Å². The van der Waals surface area contributed by atoms with Crippen molar-refractivity contribution in [2.24, 2.45) is 0 Å². The lowest BCUT2D eigenvalue weighted by atomic mass is 10.1. The van der Waals surface area contributed by atoms with Crippen LogP contribution < -0.4 is 19.1 Å². The van der Waals surface area contributed by atoms with Gasteiger partial charge in [-0.25, -0.2) is 8.42 Å². The quantitative estimate of drug-likeness (QED) is 0.656. The van der Waals surface area contributed by atoms with E-state index in [2.05, 4.69) is 5.32 Å². The minimum absolute atomic E-state index is 0.00946. The summed E-state index contributed by atoms with van der Waals surface area (Å²) in [5.41, 5.74) is -0.0795. The highest BCUT2D eigenvalue weighted by Crippen LogP contribution is 2.36. The molecule has 168 valence electrons. The fourth-order valence-corrected chi connectivity index (χ4v) is 4.01. The monoisotopic (exact) mass is 458 g/mol. The molecule has 0 saturated carbocycles. The number of hydrogen-bond donors (Lipinski definition) is 1. The second-order valence-corrected chi connectivity index (χ2v) is 8.86. The Hall–Kier alpha value is -2.95. The number of hydrogen-bond acceptors (Lipinski definition) is 5. The van der Waals surface area contributed by atoms with Gasteiger partial charge in [0, 0.05) is 25.6 Å². The number of amides is 1. The van der Waals surface area contributed by atoms with E-state index in [0.29, 0.717) is 22.7 Å². The van der Waals surface area contributed by atoms with Crippen molar-refractivity contribution in [1.29, 1.82) is 0 Å². The zero-order chi connectivity index (χ0) is 22.6. The Morgan fingerprint density at radius 1 is 1.13 bits per heavy atom. The van der Waals surface area contributed by atoms with Crippen LogP contribution >= 0.6 is 0 Å². The topological polar surface area (TPSA) is 84.9 Å². The van der Waals surface area contributed by atoms with E-state index in [1.807, 2.05) is 0 Å². The van der Waals surface area contributed by atoms with Gasteiger partial charge in [-0.3, -0.25) is 9.10 Å². The van der Waals surface area contributed by atoms with E-state index in [1.54, 1.807) is 18.2 Å². The number of nitrogens with zero attached hydrogens (tertiary/aromatic N) is 1. The number of rotatable bonds is 8. The van der Waals surface area contributed by atoms with Crippen molar-refractivity contribution in [3.8, 4) is 11.5 Å². The first-order valence-electron chi connectivity index (χ1n) is 9.34. The standard InChI is InChI=1S/C20H21F3N2O5S/c1-31(27,28)25(16-7-8-17-18(11-16)30-13-29-17)9-3-6-19(26)24-12-14-4-2-5-15(10-14)20(21,22)23/h2,4-5,7-8,10-11H,3,6,9,12-13H2,1H3,(H,24,26). The van der Waals surface area contributed by atoms with Crippen LogP contribution in [0.2, 0.25) is 0 Å². The summed E-state index contributed by atoms with van der Waals surface area (Å²) in [6, 6.07) is 9.45. The summed E-state index contributed by atoms with van der Waals surface area (Å²) in [4.78, 5) is 12.1. The number of sulfonamides is 1. The number of fused-ring (bicyclic) bond motifs is 1. The second kappa shape index (κ2) is 9.04. The molecule has 0 unspecified atom stereocenters. The molecule has 0 aromatic heterocycles. The Balaban J connectivity index is 1.54. The fraction of sp³-hybridized carbons (Fsp3) is 0.350. The Morgan fingerprint density at radius 2 is 1.87 bits per heavy atom. The third kappa shape index (κ3) is 6.03. The molecule has 0 radical (unpaired) electrons. The summed E-state index contributed by atoms with van der Waals surface area (Å²) in [7, 11) is -3.61. The number of carbonyl (C=O) groups is 1. The maximum atomic E-state index is 12.8. The molecule has 11 heteroatoms. The average molecular weight is 458 g/mol. The predicted molar refractivity (Wildman–Crippen MR) is 107 cm³/mol. The van der Waals surface area contributed by atoms with Crippen molar-refractivity contribution in [1.82, 2.24) is 5.32 Å². The molecular weight excluding hydrogens is 437 g/mol. The molecule has 0 spiro atoms. The molecule has 1 heterocycles. The lowest BCUT2D eigenvalue weighted by Crippen LogP contribution is -2.32. The molecule has 1 amide bonds. The number of halogens is 3. The Bertz CT molecular complexity index is 1060. The number of benzene rings is 2. The molecule has 0 atom stereocenters. The van der Waals surface area contributed by atoms with Gasteiger partial charge in [0.2, 0.25) is 22.7 Å². The van der Waals surface area contributed by atoms with Gasteiger partial charge in [0.05, 0.1) is 17.5 Å². The van der Waals surface area contributed by atoms with Crippen LogP contribution in [0.15, 0.2) is 42.5 Å². The third-order valence-electron chi connectivity index (χ3n) is 4.55. The number of ether oxygens (including phenoxy) is 2. The maximum absolute atomic E-state index is 12.8. The van der Waals surface area contributed by atoms with E-state index in [0.717, 1.165) is 22.7 Å². The van der Waals surface area contributed by atoms with E-state index >= 15 is 0 Å². The van der Waals surface area contributed by atoms with Crippen molar-refractivity contribution in [2.45, 2.75) is 25.6 Å². The SMILES string of the molecule is CS(=O)(=O)N(CCCC(=O)NCc1cccc(C(F)(F)F)c1)c1ccc2c(c1)OCO2. The Kier molecular flexibility index (Phi) is 6.63. The summed E-state index contributed by atoms with van der Waals surface area (Å²) in [6.07, 6.45) is -3.17. The van der Waals surface area contributed by atoms with Gasteiger partial charge in [-0.1, -0.05) is 12.1 Å². The van der Waals surface area contributed by atoms with Gasteiger partial charge >= 0.3 is 6.18 Å². The minimum Gasteiger partial charge on any atom is -0.454 e. The first-order valence-corrected chi connectivity index (χ1v) is 11.2. The summed E-state index contributed by atoms with van der Waals surface area (Å²) in [6.45, 7) is 0.0554. The van der Waals surface area contributed by atoms with Crippen LogP contribution in [0.25, 0.3) is 0 Å². The van der Waals surface area contributed by atoms with Gasteiger partial charge in [0.1, 0.15) is 0 Å². The molecule has 0 saturated heterocycles. The molecule has 0 aliphatic carbocycles. The van der Waals surface area contributed by atoms with Gasteiger partial charge in [-0.05, 0) is 36.2 Å². The van der Waals surface area contributed by atoms with Crippen LogP contribution in [0.1, 0.15) is 24.0 Å². The molecule has 2 aromatic rings. The van der Waals surface area contributed by atoms with Crippen LogP contribution in [0.3, 0.4) is 0 Å². The largest absolute Gasteiger partial charge is 0.454 e. The van der Waals surface area contributed by atoms with E-state index in [1.165, 1.54) is 12.1 Å². The molecule has 1 N–H and O–H groups in total. The lowest BCUT2D eigenvalue weighted by molar-refractivity contribution is -0.137. The summed E-state index contributed by atoms with van der Waals surface area (Å²) in [5, 5.41) is 2.55. The molecule has 2 aromatic carbocycles. The smallest absolute Gasteiger partial charge is 0.416 e. The summed E-state index contributed by atoms with van der Waals surface area (Å²) in [5.74, 6) is 0.563. The normalized spacial score (nSPS) is 13.2. The Morgan fingerprint density at radius 3 is 2.58 bits per heavy atom. The van der Waals surface area contributed by atoms with Crippen LogP contribution in [-0.4, -0.2) is 33.9 Å². The second-order valence-electron chi connectivity index (χ2n) is 6.95. The van der Waals surface area contributed by atoms with Gasteiger partial charge in [-0.2, -0.15) is 13.2 Å². The zero-order valence-electron chi connectivity index (χ0n) is 16.6. The van der Waals surface area contributed by atoms with Crippen molar-refractivity contribution >= 4 is 21.6 Å². The average Bonchev–Trinajstić information content (AvgIpc) is 3.16. The van der Waals surface area contributed by atoms with E-state index in [4.69, 9.17) is 9.47 Å². The number of carbonyl (C=O) groups excluding carboxylic acids is 1. The molecule has 1 aliphatic heterocycles. The van der Waals surface area contributed by atoms with Crippen molar-refractivity contribution in [2.75, 3.05) is 23.9 Å². The van der Waals surface area contributed by atoms with E-state index in [9.17, 15) is 26.4 Å². The van der Waals surface area contributed by atoms with Crippen LogP contribution in [0.4, 0.5) is 18.9 Å². The first kappa shape index (κ1) is 22.7. The summed E-state index contributed by atoms with van der Waals surface area (Å²) >= 11 is 0. The van der Waals surface area contributed by atoms with Crippen molar-refractivity contribution < 1.29 is 35.9 Å². The molecule has 31 heavy (non-hydrogen) atoms. The van der Waals surface area contributed by atoms with E-state index in [-0.39, 0.29) is 32.7 Å². The van der Waals surface area contributed by atoms with Crippen LogP contribution in [-0.2, 0) is 27.5 Å². The molecule has 0 fully saturated rings. The number of nitrogens with one attached hydrogen (secondary N) is 1. The third-order valence-corrected chi connectivity index (χ3v) is 5.75. The van der Waals surface area contributed by atoms with Crippen LogP contribution in [0.5, 0.6) is 11.5 Å².